The van der Waals surface area contributed by atoms with Crippen molar-refractivity contribution in [3.8, 4) is 0 Å². The van der Waals surface area contributed by atoms with E-state index in [9.17, 15) is 9.59 Å². The highest BCUT2D eigenvalue weighted by atomic mass is 16.2. The molecule has 0 saturated carbocycles. The summed E-state index contributed by atoms with van der Waals surface area (Å²) in [5, 5.41) is 10.6. The largest absolute Gasteiger partial charge is 0.324 e. The number of hydrogen-bond acceptors (Lipinski definition) is 4. The van der Waals surface area contributed by atoms with Crippen molar-refractivity contribution in [1.82, 2.24) is 15.0 Å². The first-order chi connectivity index (χ1) is 10.5. The molecule has 1 aromatic heterocycles. The van der Waals surface area contributed by atoms with E-state index in [1.807, 2.05) is 32.0 Å². The minimum absolute atomic E-state index is 0.186. The van der Waals surface area contributed by atoms with E-state index in [-0.39, 0.29) is 11.6 Å². The van der Waals surface area contributed by atoms with E-state index in [0.29, 0.717) is 12.0 Å². The number of aromatic nitrogens is 3. The first-order valence-corrected chi connectivity index (χ1v) is 7.25. The fourth-order valence-electron chi connectivity index (χ4n) is 2.37. The van der Waals surface area contributed by atoms with Crippen LogP contribution < -0.4 is 5.32 Å². The molecule has 6 heteroatoms. The lowest BCUT2D eigenvalue weighted by Crippen LogP contribution is -2.26. The second-order valence-electron chi connectivity index (χ2n) is 5.25. The number of aryl methyl sites for hydroxylation is 2. The van der Waals surface area contributed by atoms with Gasteiger partial charge in [-0.05, 0) is 38.3 Å². The number of nitrogens with zero attached hydrogens (tertiary/aromatic N) is 3. The number of benzene rings is 1. The third-order valence-electron chi connectivity index (χ3n) is 3.81. The smallest absolute Gasteiger partial charge is 0.249 e. The van der Waals surface area contributed by atoms with E-state index in [4.69, 9.17) is 0 Å². The van der Waals surface area contributed by atoms with Crippen molar-refractivity contribution in [2.24, 2.45) is 0 Å². The Morgan fingerprint density at radius 3 is 2.73 bits per heavy atom. The second kappa shape index (κ2) is 6.51. The molecule has 1 atom stereocenters. The van der Waals surface area contributed by atoms with Gasteiger partial charge < -0.3 is 5.32 Å². The number of nitrogens with one attached hydrogen (secondary N) is 1. The lowest BCUT2D eigenvalue weighted by atomic mass is 10.1. The molecule has 0 saturated heterocycles. The number of para-hydroxylation sites is 1. The molecule has 22 heavy (non-hydrogen) atoms. The monoisotopic (exact) mass is 300 g/mol. The van der Waals surface area contributed by atoms with Crippen LogP contribution in [0.3, 0.4) is 0 Å². The van der Waals surface area contributed by atoms with Crippen LogP contribution in [0.25, 0.3) is 0 Å². The number of carbonyl (C=O) groups excluding carboxylic acids is 2. The predicted octanol–water partition coefficient (Wildman–Crippen LogP) is 2.47. The highest BCUT2D eigenvalue weighted by Crippen LogP contribution is 2.22. The fourth-order valence-corrected chi connectivity index (χ4v) is 2.37. The van der Waals surface area contributed by atoms with Crippen molar-refractivity contribution < 1.29 is 9.59 Å². The Balaban J connectivity index is 2.25. The van der Waals surface area contributed by atoms with E-state index < -0.39 is 6.04 Å². The summed E-state index contributed by atoms with van der Waals surface area (Å²) >= 11 is 0. The molecule has 0 aliphatic heterocycles. The third kappa shape index (κ3) is 2.90. The van der Waals surface area contributed by atoms with Crippen molar-refractivity contribution in [3.63, 3.8) is 0 Å². The zero-order valence-electron chi connectivity index (χ0n) is 13.3. The Kier molecular flexibility index (Phi) is 4.70. The molecule has 0 fully saturated rings. The van der Waals surface area contributed by atoms with Gasteiger partial charge in [-0.1, -0.05) is 30.3 Å². The van der Waals surface area contributed by atoms with Gasteiger partial charge in [-0.2, -0.15) is 0 Å². The van der Waals surface area contributed by atoms with Gasteiger partial charge in [0, 0.05) is 5.69 Å². The molecule has 2 rings (SSSR count). The summed E-state index contributed by atoms with van der Waals surface area (Å²) in [6.45, 7) is 7.46. The standard InChI is InChI=1S/C16H20N4O2/c1-5-13-8-6-7-10(2)15(13)17-16(22)12(4)20-11(3)14(9-21)18-19-20/h6-9,12H,5H2,1-4H3,(H,17,22). The summed E-state index contributed by atoms with van der Waals surface area (Å²) in [5.74, 6) is -0.186. The summed E-state index contributed by atoms with van der Waals surface area (Å²) in [6.07, 6.45) is 1.48. The van der Waals surface area contributed by atoms with Gasteiger partial charge in [-0.15, -0.1) is 5.10 Å². The van der Waals surface area contributed by atoms with Crippen LogP contribution in [-0.4, -0.2) is 27.2 Å². The van der Waals surface area contributed by atoms with E-state index >= 15 is 0 Å². The van der Waals surface area contributed by atoms with Gasteiger partial charge in [-0.3, -0.25) is 9.59 Å². The zero-order chi connectivity index (χ0) is 16.3. The van der Waals surface area contributed by atoms with Crippen LogP contribution in [0.15, 0.2) is 18.2 Å². The summed E-state index contributed by atoms with van der Waals surface area (Å²) < 4.78 is 1.46. The predicted molar refractivity (Wildman–Crippen MR) is 84.0 cm³/mol. The van der Waals surface area contributed by atoms with Gasteiger partial charge in [0.05, 0.1) is 5.69 Å². The number of amides is 1. The molecule has 1 unspecified atom stereocenters. The number of rotatable bonds is 5. The van der Waals surface area contributed by atoms with Crippen LogP contribution in [0, 0.1) is 13.8 Å². The summed E-state index contributed by atoms with van der Waals surface area (Å²) in [4.78, 5) is 23.3. The molecule has 0 aliphatic rings. The molecule has 2 aromatic rings. The normalized spacial score (nSPS) is 12.0. The quantitative estimate of drug-likeness (QED) is 0.861. The maximum Gasteiger partial charge on any atom is 0.249 e. The van der Waals surface area contributed by atoms with Gasteiger partial charge in [0.1, 0.15) is 11.7 Å². The Labute approximate surface area is 129 Å². The van der Waals surface area contributed by atoms with Crippen LogP contribution >= 0.6 is 0 Å². The maximum atomic E-state index is 12.5. The summed E-state index contributed by atoms with van der Waals surface area (Å²) in [7, 11) is 0. The fraction of sp³-hybridized carbons (Fsp3) is 0.375. The average Bonchev–Trinajstić information content (AvgIpc) is 2.89. The number of hydrogen-bond donors (Lipinski definition) is 1. The van der Waals surface area contributed by atoms with Crippen molar-refractivity contribution >= 4 is 17.9 Å². The third-order valence-corrected chi connectivity index (χ3v) is 3.81. The molecule has 1 N–H and O–H groups in total. The number of carbonyl (C=O) groups is 2. The highest BCUT2D eigenvalue weighted by Gasteiger charge is 2.21. The summed E-state index contributed by atoms with van der Waals surface area (Å²) in [5.41, 5.74) is 3.78. The number of anilines is 1. The van der Waals surface area contributed by atoms with Crippen molar-refractivity contribution in [2.75, 3.05) is 5.32 Å². The molecule has 1 heterocycles. The van der Waals surface area contributed by atoms with Crippen LogP contribution in [0.2, 0.25) is 0 Å². The first-order valence-electron chi connectivity index (χ1n) is 7.25. The van der Waals surface area contributed by atoms with Gasteiger partial charge in [0.2, 0.25) is 5.91 Å². The van der Waals surface area contributed by atoms with Crippen molar-refractivity contribution in [1.29, 1.82) is 0 Å². The van der Waals surface area contributed by atoms with Gasteiger partial charge in [-0.25, -0.2) is 4.68 Å². The van der Waals surface area contributed by atoms with Crippen LogP contribution in [0.5, 0.6) is 0 Å². The SMILES string of the molecule is CCc1cccc(C)c1NC(=O)C(C)n1nnc(C=O)c1C. The van der Waals surface area contributed by atoms with E-state index in [1.165, 1.54) is 4.68 Å². The molecule has 0 bridgehead atoms. The zero-order valence-corrected chi connectivity index (χ0v) is 13.3. The molecular formula is C16H20N4O2. The van der Waals surface area contributed by atoms with Crippen LogP contribution in [0.1, 0.15) is 47.2 Å². The lowest BCUT2D eigenvalue weighted by molar-refractivity contribution is -0.119. The second-order valence-corrected chi connectivity index (χ2v) is 5.25. The molecule has 0 aliphatic carbocycles. The first kappa shape index (κ1) is 15.9. The van der Waals surface area contributed by atoms with E-state index in [0.717, 1.165) is 23.2 Å². The molecular weight excluding hydrogens is 280 g/mol. The molecule has 6 nitrogen and oxygen atoms in total. The Morgan fingerprint density at radius 2 is 2.14 bits per heavy atom. The molecule has 116 valence electrons. The Bertz CT molecular complexity index is 706. The van der Waals surface area contributed by atoms with Gasteiger partial charge in [0.15, 0.2) is 6.29 Å². The van der Waals surface area contributed by atoms with E-state index in [1.54, 1.807) is 13.8 Å². The van der Waals surface area contributed by atoms with Crippen molar-refractivity contribution in [2.45, 2.75) is 40.2 Å². The molecule has 0 radical (unpaired) electrons. The molecule has 1 aromatic carbocycles. The minimum atomic E-state index is -0.550. The molecule has 1 amide bonds. The average molecular weight is 300 g/mol. The lowest BCUT2D eigenvalue weighted by Gasteiger charge is -2.17. The van der Waals surface area contributed by atoms with Gasteiger partial charge >= 0.3 is 0 Å². The van der Waals surface area contributed by atoms with E-state index in [2.05, 4.69) is 15.6 Å². The topological polar surface area (TPSA) is 76.9 Å². The van der Waals surface area contributed by atoms with Crippen molar-refractivity contribution in [3.05, 3.63) is 40.7 Å². The summed E-state index contributed by atoms with van der Waals surface area (Å²) in [6, 6.07) is 5.39. The Hall–Kier alpha value is -2.50. The van der Waals surface area contributed by atoms with Crippen LogP contribution in [-0.2, 0) is 11.2 Å². The highest BCUT2D eigenvalue weighted by molar-refractivity contribution is 5.95. The van der Waals surface area contributed by atoms with Crippen LogP contribution in [0.4, 0.5) is 5.69 Å². The molecule has 0 spiro atoms. The Morgan fingerprint density at radius 1 is 1.41 bits per heavy atom. The maximum absolute atomic E-state index is 12.5. The minimum Gasteiger partial charge on any atom is -0.324 e. The van der Waals surface area contributed by atoms with Gasteiger partial charge in [0.25, 0.3) is 0 Å². The number of aldehydes is 1.